The van der Waals surface area contributed by atoms with Gasteiger partial charge in [0, 0.05) is 22.6 Å². The van der Waals surface area contributed by atoms with Crippen molar-refractivity contribution in [2.75, 3.05) is 5.32 Å². The van der Waals surface area contributed by atoms with E-state index in [1.807, 2.05) is 25.1 Å². The number of carbonyl (C=O) groups excluding carboxylic acids is 2. The Morgan fingerprint density at radius 3 is 2.63 bits per heavy atom. The van der Waals surface area contributed by atoms with Crippen LogP contribution >= 0.6 is 11.6 Å². The summed E-state index contributed by atoms with van der Waals surface area (Å²) in [6.45, 7) is 1.94. The van der Waals surface area contributed by atoms with Crippen LogP contribution in [-0.2, 0) is 0 Å². The fourth-order valence-corrected chi connectivity index (χ4v) is 3.92. The molecule has 2 heterocycles. The Labute approximate surface area is 206 Å². The van der Waals surface area contributed by atoms with Crippen LogP contribution in [0.15, 0.2) is 67.0 Å². The molecule has 2 aromatic heterocycles. The second-order valence-corrected chi connectivity index (χ2v) is 8.80. The van der Waals surface area contributed by atoms with Gasteiger partial charge in [0.05, 0.1) is 35.0 Å². The van der Waals surface area contributed by atoms with Gasteiger partial charge >= 0.3 is 0 Å². The second-order valence-electron chi connectivity index (χ2n) is 8.40. The summed E-state index contributed by atoms with van der Waals surface area (Å²) in [4.78, 5) is 28.7. The van der Waals surface area contributed by atoms with E-state index in [0.29, 0.717) is 33.5 Å². The highest BCUT2D eigenvalue weighted by atomic mass is 35.5. The Morgan fingerprint density at radius 1 is 1.11 bits per heavy atom. The van der Waals surface area contributed by atoms with Crippen LogP contribution in [0, 0.1) is 6.92 Å². The van der Waals surface area contributed by atoms with Gasteiger partial charge < -0.3 is 15.8 Å². The molecule has 0 bridgehead atoms. The van der Waals surface area contributed by atoms with Gasteiger partial charge in [0.2, 0.25) is 11.8 Å². The van der Waals surface area contributed by atoms with Crippen molar-refractivity contribution < 1.29 is 14.3 Å². The van der Waals surface area contributed by atoms with Gasteiger partial charge in [-0.15, -0.1) is 0 Å². The first kappa shape index (κ1) is 22.6. The van der Waals surface area contributed by atoms with Gasteiger partial charge in [-0.2, -0.15) is 5.10 Å². The molecule has 0 unspecified atom stereocenters. The molecule has 1 aliphatic carbocycles. The van der Waals surface area contributed by atoms with Gasteiger partial charge in [-0.25, -0.2) is 9.67 Å². The zero-order valence-electron chi connectivity index (χ0n) is 18.9. The minimum atomic E-state index is -0.541. The number of aromatic nitrogens is 3. The van der Waals surface area contributed by atoms with Gasteiger partial charge in [-0.05, 0) is 61.7 Å². The number of hydrogen-bond acceptors (Lipinski definition) is 5. The lowest BCUT2D eigenvalue weighted by Crippen LogP contribution is -2.14. The molecule has 2 amide bonds. The van der Waals surface area contributed by atoms with Crippen LogP contribution in [-0.4, -0.2) is 26.6 Å². The number of ether oxygens (including phenoxy) is 1. The summed E-state index contributed by atoms with van der Waals surface area (Å²) in [5.41, 5.74) is 9.37. The average molecular weight is 488 g/mol. The molecule has 1 saturated carbocycles. The number of nitrogens with two attached hydrogens (primary N) is 1. The number of pyridine rings is 1. The van der Waals surface area contributed by atoms with E-state index in [1.165, 1.54) is 12.3 Å². The quantitative estimate of drug-likeness (QED) is 0.369. The Hall–Kier alpha value is -4.17. The largest absolute Gasteiger partial charge is 0.439 e. The molecule has 35 heavy (non-hydrogen) atoms. The first-order chi connectivity index (χ1) is 16.9. The third-order valence-electron chi connectivity index (χ3n) is 5.75. The Bertz CT molecular complexity index is 1430. The van der Waals surface area contributed by atoms with E-state index in [9.17, 15) is 9.59 Å². The summed E-state index contributed by atoms with van der Waals surface area (Å²) in [6.07, 6.45) is 5.12. The van der Waals surface area contributed by atoms with Crippen molar-refractivity contribution in [3.8, 4) is 17.3 Å². The zero-order chi connectivity index (χ0) is 24.5. The molecule has 9 heteroatoms. The van der Waals surface area contributed by atoms with Crippen LogP contribution in [0.2, 0.25) is 5.02 Å². The highest BCUT2D eigenvalue weighted by Gasteiger charge is 2.33. The Balaban J connectivity index is 1.33. The molecule has 2 aromatic carbocycles. The number of nitrogens with one attached hydrogen (secondary N) is 1. The van der Waals surface area contributed by atoms with Crippen molar-refractivity contribution in [2.24, 2.45) is 5.73 Å². The summed E-state index contributed by atoms with van der Waals surface area (Å²) in [7, 11) is 0. The molecule has 5 rings (SSSR count). The summed E-state index contributed by atoms with van der Waals surface area (Å²) >= 11 is 6.32. The molecule has 0 saturated heterocycles. The number of aryl methyl sites for hydroxylation is 1. The smallest absolute Gasteiger partial charge is 0.259 e. The topological polar surface area (TPSA) is 112 Å². The van der Waals surface area contributed by atoms with Crippen LogP contribution in [0.5, 0.6) is 11.6 Å². The minimum absolute atomic E-state index is 0.263. The van der Waals surface area contributed by atoms with Crippen LogP contribution in [0.4, 0.5) is 5.69 Å². The molecular formula is C26H22ClN5O3. The number of benzene rings is 2. The summed E-state index contributed by atoms with van der Waals surface area (Å²) in [6, 6.07) is 15.6. The third-order valence-corrected chi connectivity index (χ3v) is 6.16. The maximum Gasteiger partial charge on any atom is 0.259 e. The predicted octanol–water partition coefficient (Wildman–Crippen LogP) is 5.25. The monoisotopic (exact) mass is 487 g/mol. The lowest BCUT2D eigenvalue weighted by Gasteiger charge is -2.11. The van der Waals surface area contributed by atoms with Crippen molar-refractivity contribution >= 4 is 29.1 Å². The Kier molecular flexibility index (Phi) is 5.96. The average Bonchev–Trinajstić information content (AvgIpc) is 3.59. The summed E-state index contributed by atoms with van der Waals surface area (Å²) < 4.78 is 7.49. The zero-order valence-corrected chi connectivity index (χ0v) is 19.6. The van der Waals surface area contributed by atoms with Crippen LogP contribution in [0.3, 0.4) is 0 Å². The van der Waals surface area contributed by atoms with Crippen LogP contribution < -0.4 is 15.8 Å². The fraction of sp³-hybridized carbons (Fsp3) is 0.154. The molecular weight excluding hydrogens is 466 g/mol. The van der Waals surface area contributed by atoms with Gasteiger partial charge in [-0.1, -0.05) is 23.7 Å². The minimum Gasteiger partial charge on any atom is -0.439 e. The molecule has 176 valence electrons. The third kappa shape index (κ3) is 4.88. The SMILES string of the molecule is Cc1ccc(-n2ncc(C(=O)Nc3ccc(Oc4cccc(C(N)=O)c4)nc3)c2C2CC2)cc1Cl. The van der Waals surface area contributed by atoms with Crippen molar-refractivity contribution in [1.29, 1.82) is 0 Å². The summed E-state index contributed by atoms with van der Waals surface area (Å²) in [5.74, 6) is 0.223. The van der Waals surface area contributed by atoms with E-state index in [1.54, 1.807) is 41.2 Å². The van der Waals surface area contributed by atoms with Crippen molar-refractivity contribution in [2.45, 2.75) is 25.7 Å². The molecule has 1 fully saturated rings. The van der Waals surface area contributed by atoms with E-state index in [2.05, 4.69) is 15.4 Å². The number of anilines is 1. The Morgan fingerprint density at radius 2 is 1.94 bits per heavy atom. The molecule has 0 radical (unpaired) electrons. The lowest BCUT2D eigenvalue weighted by atomic mass is 10.1. The standard InChI is InChI=1S/C26H22ClN5O3/c1-15-5-9-19(12-22(15)27)32-24(16-6-7-16)21(14-30-32)26(34)31-18-8-10-23(29-13-18)35-20-4-2-3-17(11-20)25(28)33/h2-5,8-14,16H,6-7H2,1H3,(H2,28,33)(H,31,34). The van der Waals surface area contributed by atoms with Gasteiger partial charge in [0.1, 0.15) is 5.75 Å². The highest BCUT2D eigenvalue weighted by Crippen LogP contribution is 2.42. The van der Waals surface area contributed by atoms with E-state index >= 15 is 0 Å². The number of halogens is 1. The van der Waals surface area contributed by atoms with E-state index < -0.39 is 5.91 Å². The molecule has 1 aliphatic rings. The second kappa shape index (κ2) is 9.23. The maximum atomic E-state index is 13.1. The maximum absolute atomic E-state index is 13.1. The van der Waals surface area contributed by atoms with Crippen molar-refractivity contribution in [3.63, 3.8) is 0 Å². The van der Waals surface area contributed by atoms with Gasteiger partial charge in [0.25, 0.3) is 5.91 Å². The predicted molar refractivity (Wildman–Crippen MR) is 133 cm³/mol. The first-order valence-electron chi connectivity index (χ1n) is 11.1. The number of carbonyl (C=O) groups is 2. The number of nitrogens with zero attached hydrogens (tertiary/aromatic N) is 3. The van der Waals surface area contributed by atoms with Crippen LogP contribution in [0.1, 0.15) is 50.7 Å². The molecule has 0 atom stereocenters. The van der Waals surface area contributed by atoms with Gasteiger partial charge in [0.15, 0.2) is 0 Å². The van der Waals surface area contributed by atoms with E-state index in [0.717, 1.165) is 29.8 Å². The molecule has 0 aliphatic heterocycles. The molecule has 8 nitrogen and oxygen atoms in total. The molecule has 4 aromatic rings. The molecule has 3 N–H and O–H groups in total. The van der Waals surface area contributed by atoms with E-state index in [4.69, 9.17) is 22.1 Å². The first-order valence-corrected chi connectivity index (χ1v) is 11.5. The lowest BCUT2D eigenvalue weighted by molar-refractivity contribution is 0.0997. The summed E-state index contributed by atoms with van der Waals surface area (Å²) in [5, 5.41) is 8.03. The highest BCUT2D eigenvalue weighted by molar-refractivity contribution is 6.31. The number of amides is 2. The normalized spacial score (nSPS) is 12.9. The molecule has 0 spiro atoms. The number of primary amides is 1. The van der Waals surface area contributed by atoms with Crippen molar-refractivity contribution in [3.05, 3.63) is 94.4 Å². The van der Waals surface area contributed by atoms with Crippen molar-refractivity contribution in [1.82, 2.24) is 14.8 Å². The van der Waals surface area contributed by atoms with E-state index in [-0.39, 0.29) is 11.8 Å². The fourth-order valence-electron chi connectivity index (χ4n) is 3.75. The van der Waals surface area contributed by atoms with Gasteiger partial charge in [-0.3, -0.25) is 9.59 Å². The van der Waals surface area contributed by atoms with Crippen LogP contribution in [0.25, 0.3) is 5.69 Å². The number of rotatable bonds is 7. The number of hydrogen-bond donors (Lipinski definition) is 2.